The van der Waals surface area contributed by atoms with Crippen LogP contribution in [-0.4, -0.2) is 53.0 Å². The minimum Gasteiger partial charge on any atom is -0.347 e. The van der Waals surface area contributed by atoms with Gasteiger partial charge in [-0.2, -0.15) is 13.2 Å². The van der Waals surface area contributed by atoms with Crippen molar-refractivity contribution < 1.29 is 22.8 Å². The van der Waals surface area contributed by atoms with E-state index in [1.165, 1.54) is 29.7 Å². The minimum atomic E-state index is -4.94. The first-order valence-corrected chi connectivity index (χ1v) is 10.5. The monoisotopic (exact) mass is 438 g/mol. The van der Waals surface area contributed by atoms with Crippen molar-refractivity contribution in [3.05, 3.63) is 35.3 Å². The van der Waals surface area contributed by atoms with E-state index in [4.69, 9.17) is 0 Å². The van der Waals surface area contributed by atoms with Gasteiger partial charge in [-0.3, -0.25) is 14.5 Å². The van der Waals surface area contributed by atoms with Crippen LogP contribution in [0.4, 0.5) is 18.9 Å². The maximum atomic E-state index is 12.7. The summed E-state index contributed by atoms with van der Waals surface area (Å²) in [5, 5.41) is 5.54. The fraction of sp³-hybridized carbons (Fsp3) is 0.450. The second-order valence-electron chi connectivity index (χ2n) is 7.67. The summed E-state index contributed by atoms with van der Waals surface area (Å²) < 4.78 is 37.0. The Bertz CT molecular complexity index is 934. The van der Waals surface area contributed by atoms with Gasteiger partial charge in [-0.1, -0.05) is 0 Å². The molecule has 30 heavy (non-hydrogen) atoms. The van der Waals surface area contributed by atoms with Crippen LogP contribution in [0.3, 0.4) is 0 Å². The van der Waals surface area contributed by atoms with E-state index >= 15 is 0 Å². The van der Waals surface area contributed by atoms with Gasteiger partial charge in [-0.15, -0.1) is 11.3 Å². The molecule has 3 saturated heterocycles. The molecule has 6 nitrogen and oxygen atoms in total. The summed E-state index contributed by atoms with van der Waals surface area (Å²) in [7, 11) is 0. The number of hydrogen-bond donors (Lipinski definition) is 2. The van der Waals surface area contributed by atoms with E-state index in [-0.39, 0.29) is 17.6 Å². The van der Waals surface area contributed by atoms with Gasteiger partial charge in [0.1, 0.15) is 9.88 Å². The van der Waals surface area contributed by atoms with Gasteiger partial charge in [0.2, 0.25) is 0 Å². The fourth-order valence-electron chi connectivity index (χ4n) is 4.18. The van der Waals surface area contributed by atoms with Crippen molar-refractivity contribution in [2.75, 3.05) is 18.4 Å². The molecule has 0 radical (unpaired) electrons. The number of thiazole rings is 1. The minimum absolute atomic E-state index is 0.0342. The second kappa shape index (κ2) is 7.99. The smallest absolute Gasteiger partial charge is 0.347 e. The summed E-state index contributed by atoms with van der Waals surface area (Å²) in [5.41, 5.74) is 0.687. The van der Waals surface area contributed by atoms with E-state index in [9.17, 15) is 22.8 Å². The van der Waals surface area contributed by atoms with Gasteiger partial charge in [0.05, 0.1) is 6.20 Å². The number of carbonyl (C=O) groups excluding carboxylic acids is 2. The van der Waals surface area contributed by atoms with Gasteiger partial charge in [-0.05, 0) is 63.0 Å². The third-order valence-electron chi connectivity index (χ3n) is 5.85. The number of nitrogens with zero attached hydrogens (tertiary/aromatic N) is 2. The quantitative estimate of drug-likeness (QED) is 0.766. The number of alkyl halides is 3. The normalized spacial score (nSPS) is 25.7. The first-order valence-electron chi connectivity index (χ1n) is 9.72. The molecule has 2 aromatic rings. The van der Waals surface area contributed by atoms with Gasteiger partial charge < -0.3 is 10.6 Å². The Morgan fingerprint density at radius 1 is 1.17 bits per heavy atom. The Labute approximate surface area is 175 Å². The molecular weight excluding hydrogens is 417 g/mol. The Morgan fingerprint density at radius 3 is 2.43 bits per heavy atom. The van der Waals surface area contributed by atoms with E-state index in [1.54, 1.807) is 17.4 Å². The summed E-state index contributed by atoms with van der Waals surface area (Å²) in [6.45, 7) is 4.32. The number of fused-ring (bicyclic) bond motifs is 3. The standard InChI is InChI=1S/C20H21F3N4O2S/c1-11-16(12-6-8-27(11)9-7-12)26-17(28)15-10-24-18(30-15)13-2-4-14(5-3-13)25-19(29)20(21,22)23/h2-5,10-12,16H,6-9H2,1H3,(H,25,29)(H,26,28). The lowest BCUT2D eigenvalue weighted by Gasteiger charge is -2.49. The average molecular weight is 438 g/mol. The molecule has 1 aromatic carbocycles. The van der Waals surface area contributed by atoms with E-state index in [2.05, 4.69) is 22.1 Å². The number of halogens is 3. The zero-order chi connectivity index (χ0) is 21.5. The Kier molecular flexibility index (Phi) is 5.54. The van der Waals surface area contributed by atoms with Crippen molar-refractivity contribution >= 4 is 28.8 Å². The lowest BCUT2D eigenvalue weighted by atomic mass is 9.79. The van der Waals surface area contributed by atoms with Gasteiger partial charge in [0, 0.05) is 23.3 Å². The second-order valence-corrected chi connectivity index (χ2v) is 8.70. The maximum absolute atomic E-state index is 12.7. The van der Waals surface area contributed by atoms with Crippen LogP contribution in [0.1, 0.15) is 29.4 Å². The summed E-state index contributed by atoms with van der Waals surface area (Å²) in [6, 6.07) is 6.30. The van der Waals surface area contributed by atoms with Crippen LogP contribution < -0.4 is 10.6 Å². The number of benzene rings is 1. The van der Waals surface area contributed by atoms with E-state index < -0.39 is 12.1 Å². The summed E-state index contributed by atoms with van der Waals surface area (Å²) in [6.07, 6.45) is -1.23. The molecule has 10 heteroatoms. The number of piperidine rings is 3. The molecule has 1 aromatic heterocycles. The summed E-state index contributed by atoms with van der Waals surface area (Å²) >= 11 is 1.22. The molecule has 2 bridgehead atoms. The zero-order valence-electron chi connectivity index (χ0n) is 16.2. The third-order valence-corrected chi connectivity index (χ3v) is 6.90. The van der Waals surface area contributed by atoms with Crippen molar-refractivity contribution in [3.8, 4) is 10.6 Å². The lowest BCUT2D eigenvalue weighted by molar-refractivity contribution is -0.167. The van der Waals surface area contributed by atoms with Gasteiger partial charge >= 0.3 is 12.1 Å². The molecule has 3 aliphatic heterocycles. The van der Waals surface area contributed by atoms with E-state index in [0.717, 1.165) is 25.9 Å². The molecule has 2 N–H and O–H groups in total. The van der Waals surface area contributed by atoms with Crippen molar-refractivity contribution in [2.24, 2.45) is 5.92 Å². The predicted octanol–water partition coefficient (Wildman–Crippen LogP) is 3.52. The molecule has 3 fully saturated rings. The van der Waals surface area contributed by atoms with Crippen molar-refractivity contribution in [2.45, 2.75) is 38.0 Å². The number of aromatic nitrogens is 1. The first kappa shape index (κ1) is 20.8. The molecule has 0 saturated carbocycles. The molecule has 5 rings (SSSR count). The Balaban J connectivity index is 1.41. The SMILES string of the molecule is CC1C(NC(=O)c2cnc(-c3ccc(NC(=O)C(F)(F)F)cc3)s2)C2CCN1CC2. The highest BCUT2D eigenvalue weighted by Gasteiger charge is 2.41. The van der Waals surface area contributed by atoms with Crippen LogP contribution in [0.2, 0.25) is 0 Å². The van der Waals surface area contributed by atoms with Crippen molar-refractivity contribution in [1.82, 2.24) is 15.2 Å². The molecule has 2 atom stereocenters. The molecule has 4 heterocycles. The van der Waals surface area contributed by atoms with Crippen LogP contribution in [0.5, 0.6) is 0 Å². The average Bonchev–Trinajstić information content (AvgIpc) is 3.21. The number of carbonyl (C=O) groups is 2. The molecule has 2 amide bonds. The number of nitrogens with one attached hydrogen (secondary N) is 2. The molecule has 2 unspecified atom stereocenters. The first-order chi connectivity index (χ1) is 14.2. The number of amides is 2. The van der Waals surface area contributed by atoms with Crippen LogP contribution in [0, 0.1) is 5.92 Å². The van der Waals surface area contributed by atoms with Crippen molar-refractivity contribution in [1.29, 1.82) is 0 Å². The highest BCUT2D eigenvalue weighted by atomic mass is 32.1. The fourth-order valence-corrected chi connectivity index (χ4v) is 5.00. The van der Waals surface area contributed by atoms with E-state index in [1.807, 2.05) is 0 Å². The third kappa shape index (κ3) is 4.20. The number of rotatable bonds is 4. The number of anilines is 1. The summed E-state index contributed by atoms with van der Waals surface area (Å²) in [5.74, 6) is -1.68. The lowest BCUT2D eigenvalue weighted by Crippen LogP contribution is -2.62. The predicted molar refractivity (Wildman–Crippen MR) is 107 cm³/mol. The van der Waals surface area contributed by atoms with E-state index in [0.29, 0.717) is 27.4 Å². The topological polar surface area (TPSA) is 74.3 Å². The molecular formula is C20H21F3N4O2S. The largest absolute Gasteiger partial charge is 0.471 e. The van der Waals surface area contributed by atoms with Gasteiger partial charge in [-0.25, -0.2) is 4.98 Å². The van der Waals surface area contributed by atoms with Crippen molar-refractivity contribution in [3.63, 3.8) is 0 Å². The van der Waals surface area contributed by atoms with Gasteiger partial charge in [0.15, 0.2) is 0 Å². The van der Waals surface area contributed by atoms with Crippen LogP contribution in [0.25, 0.3) is 10.6 Å². The molecule has 0 aliphatic carbocycles. The number of hydrogen-bond acceptors (Lipinski definition) is 5. The highest BCUT2D eigenvalue weighted by molar-refractivity contribution is 7.16. The van der Waals surface area contributed by atoms with Crippen LogP contribution in [0.15, 0.2) is 30.5 Å². The summed E-state index contributed by atoms with van der Waals surface area (Å²) in [4.78, 5) is 30.9. The Hall–Kier alpha value is -2.46. The highest BCUT2D eigenvalue weighted by Crippen LogP contribution is 2.33. The van der Waals surface area contributed by atoms with Crippen LogP contribution >= 0.6 is 11.3 Å². The molecule has 160 valence electrons. The molecule has 0 spiro atoms. The van der Waals surface area contributed by atoms with Crippen LogP contribution in [-0.2, 0) is 4.79 Å². The Morgan fingerprint density at radius 2 is 1.83 bits per heavy atom. The maximum Gasteiger partial charge on any atom is 0.471 e. The molecule has 3 aliphatic rings. The van der Waals surface area contributed by atoms with Gasteiger partial charge in [0.25, 0.3) is 5.91 Å². The zero-order valence-corrected chi connectivity index (χ0v) is 17.0.